The van der Waals surface area contributed by atoms with Crippen LogP contribution in [0.3, 0.4) is 0 Å². The molecule has 9 nitrogen and oxygen atoms in total. The molecule has 0 unspecified atom stereocenters. The molecule has 36 heavy (non-hydrogen) atoms. The molecule has 2 N–H and O–H groups in total. The summed E-state index contributed by atoms with van der Waals surface area (Å²) < 4.78 is 23.1. The largest absolute Gasteiger partial charge is 0.458 e. The number of carbonyl (C=O) groups is 3. The number of aliphatic hydroxyl groups is 2. The third-order valence-corrected chi connectivity index (χ3v) is 7.14. The molecule has 1 heterocycles. The molecular weight excluding hydrogens is 468 g/mol. The first-order valence-electron chi connectivity index (χ1n) is 12.2. The van der Waals surface area contributed by atoms with Gasteiger partial charge in [0.2, 0.25) is 0 Å². The highest BCUT2D eigenvalue weighted by atomic mass is 16.7. The van der Waals surface area contributed by atoms with Crippen LogP contribution in [0.4, 0.5) is 0 Å². The Morgan fingerprint density at radius 3 is 2.17 bits per heavy atom. The number of hydrogen-bond acceptors (Lipinski definition) is 9. The maximum Gasteiger partial charge on any atom is 0.333 e. The van der Waals surface area contributed by atoms with Gasteiger partial charge in [0.25, 0.3) is 0 Å². The fourth-order valence-corrected chi connectivity index (χ4v) is 4.26. The molecule has 0 bridgehead atoms. The maximum absolute atomic E-state index is 12.7. The minimum Gasteiger partial charge on any atom is -0.458 e. The van der Waals surface area contributed by atoms with Crippen LogP contribution in [0.15, 0.2) is 35.5 Å². The number of carbonyl (C=O) groups excluding carboxylic acids is 3. The Morgan fingerprint density at radius 1 is 1.11 bits per heavy atom. The van der Waals surface area contributed by atoms with Gasteiger partial charge >= 0.3 is 17.9 Å². The molecule has 1 saturated heterocycles. The lowest BCUT2D eigenvalue weighted by atomic mass is 9.73. The highest BCUT2D eigenvalue weighted by Crippen LogP contribution is 2.53. The number of aliphatic hydroxyl groups excluding tert-OH is 1. The van der Waals surface area contributed by atoms with Crippen molar-refractivity contribution in [3.63, 3.8) is 0 Å². The summed E-state index contributed by atoms with van der Waals surface area (Å²) in [5.41, 5.74) is -1.20. The zero-order chi connectivity index (χ0) is 27.6. The lowest BCUT2D eigenvalue weighted by Crippen LogP contribution is -2.54. The fourth-order valence-electron chi connectivity index (χ4n) is 4.26. The van der Waals surface area contributed by atoms with Gasteiger partial charge in [0.05, 0.1) is 17.8 Å². The van der Waals surface area contributed by atoms with Crippen LogP contribution in [0.5, 0.6) is 0 Å². The van der Waals surface area contributed by atoms with Crippen molar-refractivity contribution in [2.45, 2.75) is 110 Å². The number of epoxide rings is 1. The van der Waals surface area contributed by atoms with Crippen molar-refractivity contribution in [3.8, 4) is 0 Å². The van der Waals surface area contributed by atoms with Gasteiger partial charge in [-0.15, -0.1) is 0 Å². The van der Waals surface area contributed by atoms with E-state index in [9.17, 15) is 24.6 Å². The summed E-state index contributed by atoms with van der Waals surface area (Å²) in [6.07, 6.45) is -1.02. The average molecular weight is 509 g/mol. The summed E-state index contributed by atoms with van der Waals surface area (Å²) in [7, 11) is 0. The van der Waals surface area contributed by atoms with Gasteiger partial charge in [-0.1, -0.05) is 18.7 Å². The maximum atomic E-state index is 12.7. The van der Waals surface area contributed by atoms with Gasteiger partial charge in [0.1, 0.15) is 17.8 Å². The minimum atomic E-state index is -1.47. The summed E-state index contributed by atoms with van der Waals surface area (Å²) in [6, 6.07) is 0. The van der Waals surface area contributed by atoms with E-state index in [4.69, 9.17) is 18.9 Å². The summed E-state index contributed by atoms with van der Waals surface area (Å²) in [5, 5.41) is 20.9. The van der Waals surface area contributed by atoms with Gasteiger partial charge in [0.15, 0.2) is 6.10 Å². The van der Waals surface area contributed by atoms with E-state index in [1.807, 2.05) is 0 Å². The van der Waals surface area contributed by atoms with Crippen LogP contribution >= 0.6 is 0 Å². The van der Waals surface area contributed by atoms with Crippen molar-refractivity contribution in [2.75, 3.05) is 0 Å². The van der Waals surface area contributed by atoms with Crippen LogP contribution in [0.1, 0.15) is 68.2 Å². The summed E-state index contributed by atoms with van der Waals surface area (Å²) in [4.78, 5) is 37.4. The third-order valence-electron chi connectivity index (χ3n) is 7.14. The Bertz CT molecular complexity index is 941. The number of ether oxygens (including phenoxy) is 4. The van der Waals surface area contributed by atoms with Crippen LogP contribution in [0.2, 0.25) is 0 Å². The van der Waals surface area contributed by atoms with E-state index in [0.29, 0.717) is 23.1 Å². The molecule has 0 aromatic rings. The highest BCUT2D eigenvalue weighted by molar-refractivity contribution is 5.88. The zero-order valence-electron chi connectivity index (χ0n) is 22.5. The summed E-state index contributed by atoms with van der Waals surface area (Å²) >= 11 is 0. The van der Waals surface area contributed by atoms with Crippen molar-refractivity contribution < 1.29 is 43.5 Å². The summed E-state index contributed by atoms with van der Waals surface area (Å²) in [6.45, 7) is 16.7. The second kappa shape index (κ2) is 11.3. The normalized spacial score (nSPS) is 29.9. The molecule has 9 heteroatoms. The van der Waals surface area contributed by atoms with Crippen LogP contribution in [0.25, 0.3) is 0 Å². The van der Waals surface area contributed by atoms with E-state index in [1.54, 1.807) is 46.8 Å². The smallest absolute Gasteiger partial charge is 0.333 e. The molecule has 2 rings (SSSR count). The van der Waals surface area contributed by atoms with E-state index < -0.39 is 59.4 Å². The monoisotopic (exact) mass is 508 g/mol. The number of esters is 3. The van der Waals surface area contributed by atoms with Gasteiger partial charge < -0.3 is 29.2 Å². The van der Waals surface area contributed by atoms with Crippen molar-refractivity contribution in [2.24, 2.45) is 5.92 Å². The van der Waals surface area contributed by atoms with E-state index in [2.05, 4.69) is 6.58 Å². The fraction of sp³-hybridized carbons (Fsp3) is 0.667. The molecule has 2 aliphatic rings. The Balaban J connectivity index is 2.45. The predicted octanol–water partition coefficient (Wildman–Crippen LogP) is 2.93. The Kier molecular flexibility index (Phi) is 9.31. The second-order valence-corrected chi connectivity index (χ2v) is 10.3. The van der Waals surface area contributed by atoms with Crippen molar-refractivity contribution in [1.82, 2.24) is 0 Å². The average Bonchev–Trinajstić information content (AvgIpc) is 3.47. The Labute approximate surface area is 213 Å². The topological polar surface area (TPSA) is 132 Å². The standard InChI is InChI=1S/C27H40O9/c1-10-14(3)24(30)34-19(13-20(29)26(7,8)32)16(5)18-12-21-27(9,36-21)23(22(18)33-17(6)28)35-25(31)15(4)11-2/h10-11,18-23,29,32H,5,12-13H2,1-4,6-9H3/t18-,19+,20+,21-,22+,23+,27-/m1/s1. The highest BCUT2D eigenvalue weighted by Gasteiger charge is 2.68. The molecule has 1 aliphatic carbocycles. The number of rotatable bonds is 10. The Hall–Kier alpha value is -2.49. The zero-order valence-corrected chi connectivity index (χ0v) is 22.5. The number of fused-ring (bicyclic) bond motifs is 1. The van der Waals surface area contributed by atoms with Gasteiger partial charge in [-0.05, 0) is 60.5 Å². The molecular formula is C27H40O9. The van der Waals surface area contributed by atoms with Crippen molar-refractivity contribution in [1.29, 1.82) is 0 Å². The SMILES string of the molecule is C=C([C@H](C[C@H](O)C(C)(C)O)OC(=O)C(C)=CC)[C@H]1C[C@H]2O[C@@]2(C)[C@@H](OC(=O)C(C)=CC)[C@H]1OC(C)=O. The van der Waals surface area contributed by atoms with E-state index in [1.165, 1.54) is 20.8 Å². The first kappa shape index (κ1) is 29.7. The lowest BCUT2D eigenvalue weighted by molar-refractivity contribution is -0.176. The van der Waals surface area contributed by atoms with E-state index in [0.717, 1.165) is 0 Å². The van der Waals surface area contributed by atoms with E-state index in [-0.39, 0.29) is 12.5 Å². The van der Waals surface area contributed by atoms with Crippen molar-refractivity contribution in [3.05, 3.63) is 35.5 Å². The van der Waals surface area contributed by atoms with Crippen LogP contribution in [0, 0.1) is 5.92 Å². The van der Waals surface area contributed by atoms with Gasteiger partial charge in [-0.3, -0.25) is 4.79 Å². The molecule has 0 aromatic carbocycles. The van der Waals surface area contributed by atoms with Crippen LogP contribution in [-0.2, 0) is 33.3 Å². The molecule has 202 valence electrons. The molecule has 1 saturated carbocycles. The molecule has 0 radical (unpaired) electrons. The van der Waals surface area contributed by atoms with Gasteiger partial charge in [0, 0.05) is 30.4 Å². The van der Waals surface area contributed by atoms with Gasteiger partial charge in [-0.25, -0.2) is 9.59 Å². The summed E-state index contributed by atoms with van der Waals surface area (Å²) in [5.74, 6) is -2.37. The Morgan fingerprint density at radius 2 is 1.67 bits per heavy atom. The molecule has 0 aromatic heterocycles. The molecule has 0 amide bonds. The van der Waals surface area contributed by atoms with Crippen LogP contribution < -0.4 is 0 Å². The first-order valence-corrected chi connectivity index (χ1v) is 12.2. The molecule has 0 spiro atoms. The van der Waals surface area contributed by atoms with E-state index >= 15 is 0 Å². The minimum absolute atomic E-state index is 0.140. The molecule has 2 fully saturated rings. The number of allylic oxidation sites excluding steroid dienone is 2. The van der Waals surface area contributed by atoms with Gasteiger partial charge in [-0.2, -0.15) is 0 Å². The van der Waals surface area contributed by atoms with Crippen LogP contribution in [-0.4, -0.2) is 69.8 Å². The second-order valence-electron chi connectivity index (χ2n) is 10.3. The third kappa shape index (κ3) is 6.63. The number of hydrogen-bond donors (Lipinski definition) is 2. The van der Waals surface area contributed by atoms with Crippen molar-refractivity contribution >= 4 is 17.9 Å². The molecule has 1 aliphatic heterocycles. The quantitative estimate of drug-likeness (QED) is 0.150. The lowest BCUT2D eigenvalue weighted by Gasteiger charge is -2.40. The first-order chi connectivity index (χ1) is 16.6. The predicted molar refractivity (Wildman–Crippen MR) is 132 cm³/mol. The molecule has 7 atom stereocenters.